The number of sulfonamides is 1. The first-order chi connectivity index (χ1) is 9.87. The fraction of sp³-hybridized carbons (Fsp3) is 0.417. The second-order valence-corrected chi connectivity index (χ2v) is 6.25. The van der Waals surface area contributed by atoms with Crippen molar-refractivity contribution in [3.8, 4) is 0 Å². The van der Waals surface area contributed by atoms with Gasteiger partial charge in [-0.2, -0.15) is 5.10 Å². The zero-order chi connectivity index (χ0) is 15.6. The van der Waals surface area contributed by atoms with Gasteiger partial charge in [0, 0.05) is 25.0 Å². The molecule has 9 heteroatoms. The molecule has 2 aromatic rings. The first kappa shape index (κ1) is 15.4. The quantitative estimate of drug-likeness (QED) is 0.834. The van der Waals surface area contributed by atoms with Crippen LogP contribution in [-0.4, -0.2) is 28.2 Å². The Kier molecular flexibility index (Phi) is 4.24. The van der Waals surface area contributed by atoms with E-state index in [1.165, 1.54) is 0 Å². The van der Waals surface area contributed by atoms with Crippen LogP contribution in [0.1, 0.15) is 24.0 Å². The topological polar surface area (TPSA) is 116 Å². The Bertz CT molecular complexity index is 732. The van der Waals surface area contributed by atoms with Gasteiger partial charge in [-0.25, -0.2) is 18.1 Å². The van der Waals surface area contributed by atoms with E-state index in [-0.39, 0.29) is 17.4 Å². The number of hydrogen-bond donors (Lipinski definition) is 2. The van der Waals surface area contributed by atoms with Gasteiger partial charge in [0.15, 0.2) is 0 Å². The average Bonchev–Trinajstić information content (AvgIpc) is 2.86. The Morgan fingerprint density at radius 3 is 2.52 bits per heavy atom. The van der Waals surface area contributed by atoms with Crippen LogP contribution in [0.4, 0.5) is 5.95 Å². The van der Waals surface area contributed by atoms with E-state index < -0.39 is 10.0 Å². The van der Waals surface area contributed by atoms with Gasteiger partial charge in [-0.3, -0.25) is 0 Å². The van der Waals surface area contributed by atoms with E-state index in [0.29, 0.717) is 17.9 Å². The lowest BCUT2D eigenvalue weighted by atomic mass is 10.4. The van der Waals surface area contributed by atoms with Crippen LogP contribution in [-0.2, 0) is 23.1 Å². The highest BCUT2D eigenvalue weighted by Crippen LogP contribution is 2.17. The van der Waals surface area contributed by atoms with Gasteiger partial charge in [0.25, 0.3) is 16.0 Å². The summed E-state index contributed by atoms with van der Waals surface area (Å²) >= 11 is 0. The zero-order valence-electron chi connectivity index (χ0n) is 12.2. The summed E-state index contributed by atoms with van der Waals surface area (Å²) in [6.45, 7) is 6.32. The number of nitrogens with two attached hydrogens (primary N) is 1. The summed E-state index contributed by atoms with van der Waals surface area (Å²) in [6, 6.07) is 1.54. The molecule has 0 aliphatic heterocycles. The molecule has 0 atom stereocenters. The molecule has 3 N–H and O–H groups in total. The van der Waals surface area contributed by atoms with E-state index >= 15 is 0 Å². The van der Waals surface area contributed by atoms with Crippen molar-refractivity contribution in [2.45, 2.75) is 38.8 Å². The molecule has 0 saturated carbocycles. The smallest absolute Gasteiger partial charge is 0.265 e. The molecule has 0 spiro atoms. The van der Waals surface area contributed by atoms with Gasteiger partial charge in [0.1, 0.15) is 4.90 Å². The van der Waals surface area contributed by atoms with E-state index in [9.17, 15) is 8.42 Å². The summed E-state index contributed by atoms with van der Waals surface area (Å²) < 4.78 is 28.8. The molecule has 0 unspecified atom stereocenters. The maximum Gasteiger partial charge on any atom is 0.265 e. The summed E-state index contributed by atoms with van der Waals surface area (Å²) in [5, 5.41) is 7.58. The summed E-state index contributed by atoms with van der Waals surface area (Å²) in [7, 11) is -3.76. The molecule has 0 radical (unpaired) electrons. The van der Waals surface area contributed by atoms with Crippen molar-refractivity contribution < 1.29 is 8.42 Å². The molecule has 0 aliphatic carbocycles. The molecule has 2 aromatic heterocycles. The number of aromatic nitrogens is 4. The molecule has 0 amide bonds. The van der Waals surface area contributed by atoms with Gasteiger partial charge >= 0.3 is 0 Å². The average molecular weight is 310 g/mol. The number of hydrogen-bond acceptors (Lipinski definition) is 6. The Labute approximate surface area is 123 Å². The van der Waals surface area contributed by atoms with Crippen LogP contribution in [0, 0.1) is 13.8 Å². The molecule has 0 aliphatic rings. The lowest BCUT2D eigenvalue weighted by Crippen LogP contribution is -2.16. The molecular formula is C12H18N6O2S. The van der Waals surface area contributed by atoms with Crippen molar-refractivity contribution in [1.29, 1.82) is 0 Å². The first-order valence-corrected chi connectivity index (χ1v) is 7.95. The lowest BCUT2D eigenvalue weighted by molar-refractivity contribution is 0.600. The van der Waals surface area contributed by atoms with Gasteiger partial charge in [0.05, 0.1) is 11.4 Å². The highest BCUT2D eigenvalue weighted by Gasteiger charge is 2.19. The lowest BCUT2D eigenvalue weighted by Gasteiger charge is -2.05. The Morgan fingerprint density at radius 1 is 1.29 bits per heavy atom. The summed E-state index contributed by atoms with van der Waals surface area (Å²) in [5.41, 5.74) is 7.62. The first-order valence-electron chi connectivity index (χ1n) is 6.47. The van der Waals surface area contributed by atoms with Crippen LogP contribution < -0.4 is 10.5 Å². The van der Waals surface area contributed by atoms with Crippen LogP contribution in [0.15, 0.2) is 17.2 Å². The molecule has 0 aromatic carbocycles. The SMILES string of the molecule is CCn1cc(S(=O)(=O)Nc2nnc(C)c(C)n2)cc1CN. The van der Waals surface area contributed by atoms with E-state index in [1.807, 2.05) is 6.92 Å². The number of rotatable bonds is 5. The Balaban J connectivity index is 2.33. The van der Waals surface area contributed by atoms with Crippen molar-refractivity contribution in [2.24, 2.45) is 5.73 Å². The van der Waals surface area contributed by atoms with Gasteiger partial charge in [-0.05, 0) is 26.8 Å². The van der Waals surface area contributed by atoms with Gasteiger partial charge in [-0.1, -0.05) is 0 Å². The predicted octanol–water partition coefficient (Wildman–Crippen LogP) is 0.569. The number of nitrogens with zero attached hydrogens (tertiary/aromatic N) is 4. The molecular weight excluding hydrogens is 292 g/mol. The third-order valence-corrected chi connectivity index (χ3v) is 4.43. The highest BCUT2D eigenvalue weighted by atomic mass is 32.2. The zero-order valence-corrected chi connectivity index (χ0v) is 13.0. The van der Waals surface area contributed by atoms with Crippen molar-refractivity contribution >= 4 is 16.0 Å². The van der Waals surface area contributed by atoms with Crippen LogP contribution in [0.2, 0.25) is 0 Å². The Hall–Kier alpha value is -2.00. The molecule has 0 bridgehead atoms. The minimum absolute atomic E-state index is 0.0448. The molecule has 2 heterocycles. The van der Waals surface area contributed by atoms with Crippen LogP contribution in [0.25, 0.3) is 0 Å². The van der Waals surface area contributed by atoms with Crippen molar-refractivity contribution in [2.75, 3.05) is 4.72 Å². The maximum atomic E-state index is 12.3. The van der Waals surface area contributed by atoms with Crippen LogP contribution in [0.5, 0.6) is 0 Å². The minimum atomic E-state index is -3.76. The summed E-state index contributed by atoms with van der Waals surface area (Å²) in [6.07, 6.45) is 1.54. The Morgan fingerprint density at radius 2 is 2.00 bits per heavy atom. The second-order valence-electron chi connectivity index (χ2n) is 4.57. The van der Waals surface area contributed by atoms with Gasteiger partial charge < -0.3 is 10.3 Å². The van der Waals surface area contributed by atoms with Crippen molar-refractivity contribution in [1.82, 2.24) is 19.7 Å². The standard InChI is InChI=1S/C12H18N6O2S/c1-4-18-7-11(5-10(18)6-13)21(19,20)17-12-14-8(2)9(3)15-16-12/h5,7H,4,6,13H2,1-3H3,(H,14,16,17). The summed E-state index contributed by atoms with van der Waals surface area (Å²) in [5.74, 6) is -0.0448. The fourth-order valence-corrected chi connectivity index (χ4v) is 2.82. The minimum Gasteiger partial charge on any atom is -0.349 e. The largest absolute Gasteiger partial charge is 0.349 e. The molecule has 0 saturated heterocycles. The third-order valence-electron chi connectivity index (χ3n) is 3.14. The van der Waals surface area contributed by atoms with Crippen molar-refractivity contribution in [3.05, 3.63) is 29.3 Å². The molecule has 0 fully saturated rings. The molecule has 114 valence electrons. The fourth-order valence-electron chi connectivity index (χ4n) is 1.82. The van der Waals surface area contributed by atoms with Crippen LogP contribution >= 0.6 is 0 Å². The van der Waals surface area contributed by atoms with Gasteiger partial charge in [-0.15, -0.1) is 5.10 Å². The van der Waals surface area contributed by atoms with E-state index in [4.69, 9.17) is 5.73 Å². The second kappa shape index (κ2) is 5.78. The molecule has 21 heavy (non-hydrogen) atoms. The van der Waals surface area contributed by atoms with Crippen molar-refractivity contribution in [3.63, 3.8) is 0 Å². The number of anilines is 1. The number of nitrogens with one attached hydrogen (secondary N) is 1. The molecule has 2 rings (SSSR count). The van der Waals surface area contributed by atoms with Gasteiger partial charge in [0.2, 0.25) is 0 Å². The van der Waals surface area contributed by atoms with E-state index in [1.54, 1.807) is 30.7 Å². The van der Waals surface area contributed by atoms with E-state index in [0.717, 1.165) is 5.69 Å². The normalized spacial score (nSPS) is 11.6. The monoisotopic (exact) mass is 310 g/mol. The van der Waals surface area contributed by atoms with Crippen LogP contribution in [0.3, 0.4) is 0 Å². The summed E-state index contributed by atoms with van der Waals surface area (Å²) in [4.78, 5) is 4.19. The maximum absolute atomic E-state index is 12.3. The number of aryl methyl sites for hydroxylation is 3. The van der Waals surface area contributed by atoms with E-state index in [2.05, 4.69) is 19.9 Å². The third kappa shape index (κ3) is 3.19. The predicted molar refractivity (Wildman–Crippen MR) is 78.1 cm³/mol. The molecule has 8 nitrogen and oxygen atoms in total. The highest BCUT2D eigenvalue weighted by molar-refractivity contribution is 7.92.